The van der Waals surface area contributed by atoms with E-state index in [1.165, 1.54) is 0 Å². The molecule has 0 spiro atoms. The first-order chi connectivity index (χ1) is 12.4. The van der Waals surface area contributed by atoms with Crippen LogP contribution in [0.25, 0.3) is 22.0 Å². The predicted octanol–water partition coefficient (Wildman–Crippen LogP) is 5.37. The predicted molar refractivity (Wildman–Crippen MR) is 106 cm³/mol. The van der Waals surface area contributed by atoms with Crippen molar-refractivity contribution in [2.24, 2.45) is 0 Å². The molecule has 132 valence electrons. The molecule has 3 aromatic rings. The van der Waals surface area contributed by atoms with Gasteiger partial charge in [-0.3, -0.25) is 9.78 Å². The van der Waals surface area contributed by atoms with Crippen LogP contribution in [0, 0.1) is 6.92 Å². The molecule has 0 aliphatic rings. The van der Waals surface area contributed by atoms with E-state index in [0.29, 0.717) is 16.3 Å². The van der Waals surface area contributed by atoms with Gasteiger partial charge in [-0.15, -0.1) is 0 Å². The third kappa shape index (κ3) is 3.50. The van der Waals surface area contributed by atoms with E-state index in [-0.39, 0.29) is 12.2 Å². The van der Waals surface area contributed by atoms with Gasteiger partial charge >= 0.3 is 5.97 Å². The Balaban J connectivity index is 2.37. The molecule has 0 saturated heterocycles. The summed E-state index contributed by atoms with van der Waals surface area (Å²) >= 11 is 9.47. The minimum Gasteiger partial charge on any atom is -0.460 e. The number of aryl methyl sites for hydroxylation is 1. The maximum absolute atomic E-state index is 12.8. The van der Waals surface area contributed by atoms with Crippen LogP contribution >= 0.6 is 27.5 Å². The van der Waals surface area contributed by atoms with Crippen molar-refractivity contribution >= 4 is 50.2 Å². The highest BCUT2D eigenvalue weighted by atomic mass is 79.9. The molecule has 1 heterocycles. The highest BCUT2D eigenvalue weighted by Crippen LogP contribution is 2.35. The molecule has 0 aliphatic heterocycles. The van der Waals surface area contributed by atoms with Crippen LogP contribution in [0.2, 0.25) is 5.02 Å². The van der Waals surface area contributed by atoms with Crippen LogP contribution in [-0.2, 0) is 9.53 Å². The topological polar surface area (TPSA) is 56.3 Å². The lowest BCUT2D eigenvalue weighted by molar-refractivity contribution is -0.137. The van der Waals surface area contributed by atoms with Gasteiger partial charge in [0.15, 0.2) is 0 Å². The molecule has 0 fully saturated rings. The number of ketones is 1. The second kappa shape index (κ2) is 7.56. The summed E-state index contributed by atoms with van der Waals surface area (Å²) in [4.78, 5) is 29.4. The highest BCUT2D eigenvalue weighted by molar-refractivity contribution is 9.10. The van der Waals surface area contributed by atoms with Crippen molar-refractivity contribution in [3.8, 4) is 11.1 Å². The Morgan fingerprint density at radius 2 is 1.85 bits per heavy atom. The van der Waals surface area contributed by atoms with Gasteiger partial charge in [-0.25, -0.2) is 4.79 Å². The van der Waals surface area contributed by atoms with Crippen LogP contribution in [0.5, 0.6) is 0 Å². The van der Waals surface area contributed by atoms with Gasteiger partial charge in [0.2, 0.25) is 0 Å². The average molecular weight is 433 g/mol. The number of halogens is 2. The third-order valence-corrected chi connectivity index (χ3v) is 4.69. The summed E-state index contributed by atoms with van der Waals surface area (Å²) in [6.45, 7) is 3.51. The number of hydrogen-bond acceptors (Lipinski definition) is 4. The standard InChI is InChI=1S/C20H15BrClNO3/c1-3-26-20(25)19(24)17-11(2)23-16-9-6-13(21)10-15(16)18(17)12-4-7-14(22)8-5-12/h4-10H,3H2,1-2H3. The van der Waals surface area contributed by atoms with Gasteiger partial charge in [0, 0.05) is 20.4 Å². The van der Waals surface area contributed by atoms with Crippen molar-refractivity contribution in [2.45, 2.75) is 13.8 Å². The number of Topliss-reactive ketones (excluding diaryl/α,β-unsaturated/α-hetero) is 1. The van der Waals surface area contributed by atoms with E-state index < -0.39 is 11.8 Å². The molecule has 6 heteroatoms. The lowest BCUT2D eigenvalue weighted by Gasteiger charge is -2.15. The Bertz CT molecular complexity index is 1020. The smallest absolute Gasteiger partial charge is 0.379 e. The molecule has 26 heavy (non-hydrogen) atoms. The molecule has 0 radical (unpaired) electrons. The maximum atomic E-state index is 12.8. The summed E-state index contributed by atoms with van der Waals surface area (Å²) in [5.74, 6) is -1.59. The molecule has 0 amide bonds. The van der Waals surface area contributed by atoms with Crippen molar-refractivity contribution in [3.63, 3.8) is 0 Å². The summed E-state index contributed by atoms with van der Waals surface area (Å²) in [6, 6.07) is 12.8. The Morgan fingerprint density at radius 1 is 1.15 bits per heavy atom. The number of pyridine rings is 1. The van der Waals surface area contributed by atoms with Gasteiger partial charge in [-0.1, -0.05) is 39.7 Å². The fourth-order valence-corrected chi connectivity index (χ4v) is 3.34. The molecule has 1 aromatic heterocycles. The zero-order chi connectivity index (χ0) is 18.8. The average Bonchev–Trinajstić information content (AvgIpc) is 2.61. The second-order valence-electron chi connectivity index (χ2n) is 5.67. The number of carbonyl (C=O) groups is 2. The van der Waals surface area contributed by atoms with E-state index in [0.717, 1.165) is 20.9 Å². The SMILES string of the molecule is CCOC(=O)C(=O)c1c(C)nc2ccc(Br)cc2c1-c1ccc(Cl)cc1. The summed E-state index contributed by atoms with van der Waals surface area (Å²) in [7, 11) is 0. The highest BCUT2D eigenvalue weighted by Gasteiger charge is 2.26. The van der Waals surface area contributed by atoms with Gasteiger partial charge in [-0.05, 0) is 49.7 Å². The summed E-state index contributed by atoms with van der Waals surface area (Å²) in [6.07, 6.45) is 0. The largest absolute Gasteiger partial charge is 0.460 e. The van der Waals surface area contributed by atoms with E-state index in [2.05, 4.69) is 20.9 Å². The van der Waals surface area contributed by atoms with Gasteiger partial charge in [0.25, 0.3) is 5.78 Å². The Kier molecular flexibility index (Phi) is 5.39. The Labute approximate surface area is 164 Å². The number of fused-ring (bicyclic) bond motifs is 1. The molecule has 4 nitrogen and oxygen atoms in total. The number of benzene rings is 2. The first-order valence-electron chi connectivity index (χ1n) is 7.99. The molecular formula is C20H15BrClNO3. The first-order valence-corrected chi connectivity index (χ1v) is 9.16. The van der Waals surface area contributed by atoms with E-state index >= 15 is 0 Å². The van der Waals surface area contributed by atoms with Crippen LogP contribution < -0.4 is 0 Å². The summed E-state index contributed by atoms with van der Waals surface area (Å²) in [5, 5.41) is 1.35. The van der Waals surface area contributed by atoms with E-state index in [4.69, 9.17) is 16.3 Å². The third-order valence-electron chi connectivity index (χ3n) is 3.95. The van der Waals surface area contributed by atoms with Gasteiger partial charge in [0.05, 0.1) is 23.4 Å². The van der Waals surface area contributed by atoms with Crippen molar-refractivity contribution in [3.05, 3.63) is 63.2 Å². The summed E-state index contributed by atoms with van der Waals surface area (Å²) in [5.41, 5.74) is 2.87. The molecule has 0 bridgehead atoms. The monoisotopic (exact) mass is 431 g/mol. The molecule has 0 saturated carbocycles. The van der Waals surface area contributed by atoms with Gasteiger partial charge in [-0.2, -0.15) is 0 Å². The lowest BCUT2D eigenvalue weighted by Crippen LogP contribution is -2.20. The van der Waals surface area contributed by atoms with Gasteiger partial charge in [0.1, 0.15) is 0 Å². The number of hydrogen-bond donors (Lipinski definition) is 0. The molecule has 0 unspecified atom stereocenters. The quantitative estimate of drug-likeness (QED) is 0.316. The van der Waals surface area contributed by atoms with Crippen molar-refractivity contribution < 1.29 is 14.3 Å². The second-order valence-corrected chi connectivity index (χ2v) is 7.02. The maximum Gasteiger partial charge on any atom is 0.379 e. The minimum atomic E-state index is -0.887. The normalized spacial score (nSPS) is 10.8. The van der Waals surface area contributed by atoms with Crippen molar-refractivity contribution in [1.29, 1.82) is 0 Å². The molecule has 3 rings (SSSR count). The molecule has 0 atom stereocenters. The van der Waals surface area contributed by atoms with Crippen LogP contribution in [0.1, 0.15) is 23.0 Å². The first kappa shape index (κ1) is 18.5. The van der Waals surface area contributed by atoms with Crippen LogP contribution in [0.3, 0.4) is 0 Å². The van der Waals surface area contributed by atoms with E-state index in [1.807, 2.05) is 30.3 Å². The Hall–Kier alpha value is -2.24. The zero-order valence-electron chi connectivity index (χ0n) is 14.2. The number of nitrogens with zero attached hydrogens (tertiary/aromatic N) is 1. The zero-order valence-corrected chi connectivity index (χ0v) is 16.5. The number of aromatic nitrogens is 1. The fraction of sp³-hybridized carbons (Fsp3) is 0.150. The minimum absolute atomic E-state index is 0.131. The van der Waals surface area contributed by atoms with E-state index in [9.17, 15) is 9.59 Å². The molecule has 0 N–H and O–H groups in total. The van der Waals surface area contributed by atoms with E-state index in [1.54, 1.807) is 26.0 Å². The number of carbonyl (C=O) groups excluding carboxylic acids is 2. The molecule has 0 aliphatic carbocycles. The fourth-order valence-electron chi connectivity index (χ4n) is 2.85. The van der Waals surface area contributed by atoms with Crippen LogP contribution in [0.15, 0.2) is 46.9 Å². The Morgan fingerprint density at radius 3 is 2.50 bits per heavy atom. The molecule has 2 aromatic carbocycles. The van der Waals surface area contributed by atoms with Crippen LogP contribution in [0.4, 0.5) is 0 Å². The number of esters is 1. The van der Waals surface area contributed by atoms with Crippen LogP contribution in [-0.4, -0.2) is 23.3 Å². The number of ether oxygens (including phenoxy) is 1. The van der Waals surface area contributed by atoms with Gasteiger partial charge < -0.3 is 4.74 Å². The molecular weight excluding hydrogens is 418 g/mol. The van der Waals surface area contributed by atoms with Crippen molar-refractivity contribution in [1.82, 2.24) is 4.98 Å². The summed E-state index contributed by atoms with van der Waals surface area (Å²) < 4.78 is 5.76. The van der Waals surface area contributed by atoms with Crippen molar-refractivity contribution in [2.75, 3.05) is 6.61 Å². The lowest BCUT2D eigenvalue weighted by atomic mass is 9.92. The number of rotatable bonds is 4.